The summed E-state index contributed by atoms with van der Waals surface area (Å²) in [7, 11) is 0. The van der Waals surface area contributed by atoms with E-state index >= 15 is 0 Å². The van der Waals surface area contributed by atoms with E-state index in [9.17, 15) is 9.18 Å². The predicted octanol–water partition coefficient (Wildman–Crippen LogP) is 4.22. The Morgan fingerprint density at radius 1 is 1.04 bits per heavy atom. The molecule has 0 radical (unpaired) electrons. The Morgan fingerprint density at radius 2 is 1.79 bits per heavy atom. The van der Waals surface area contributed by atoms with Crippen LogP contribution in [0.15, 0.2) is 72.9 Å². The fourth-order valence-corrected chi connectivity index (χ4v) is 2.96. The first-order valence-electron chi connectivity index (χ1n) is 9.43. The lowest BCUT2D eigenvalue weighted by Gasteiger charge is -2.22. The molecule has 2 aromatic carbocycles. The predicted molar refractivity (Wildman–Crippen MR) is 110 cm³/mol. The van der Waals surface area contributed by atoms with Gasteiger partial charge in [-0.2, -0.15) is 0 Å². The van der Waals surface area contributed by atoms with Gasteiger partial charge in [0.25, 0.3) is 5.91 Å². The molecule has 0 fully saturated rings. The quantitative estimate of drug-likeness (QED) is 0.639. The minimum Gasteiger partial charge on any atom is -0.353 e. The summed E-state index contributed by atoms with van der Waals surface area (Å²) < 4.78 is 12.9. The Labute approximate surface area is 165 Å². The molecule has 28 heavy (non-hydrogen) atoms. The van der Waals surface area contributed by atoms with Crippen molar-refractivity contribution in [1.82, 2.24) is 10.3 Å². The number of nitrogens with zero attached hydrogens (tertiary/aromatic N) is 2. The maximum absolute atomic E-state index is 12.9. The molecule has 1 N–H and O–H groups in total. The van der Waals surface area contributed by atoms with E-state index in [1.54, 1.807) is 24.4 Å². The lowest BCUT2D eigenvalue weighted by Crippen LogP contribution is -2.27. The van der Waals surface area contributed by atoms with E-state index in [-0.39, 0.29) is 11.7 Å². The minimum absolute atomic E-state index is 0.137. The Balaban J connectivity index is 1.61. The van der Waals surface area contributed by atoms with Crippen LogP contribution < -0.4 is 10.2 Å². The van der Waals surface area contributed by atoms with Gasteiger partial charge in [-0.15, -0.1) is 0 Å². The van der Waals surface area contributed by atoms with E-state index in [0.29, 0.717) is 18.5 Å². The Bertz CT molecular complexity index is 897. The van der Waals surface area contributed by atoms with Gasteiger partial charge in [0.2, 0.25) is 0 Å². The second-order valence-corrected chi connectivity index (χ2v) is 6.53. The largest absolute Gasteiger partial charge is 0.353 e. The van der Waals surface area contributed by atoms with E-state index in [1.165, 1.54) is 17.7 Å². The molecule has 5 heteroatoms. The molecule has 0 aliphatic heterocycles. The molecular formula is C23H24FN3O. The smallest absolute Gasteiger partial charge is 0.251 e. The molecular weight excluding hydrogens is 353 g/mol. The standard InChI is InChI=1S/C23H24FN3O/c1-2-27(17-19-6-4-3-5-7-19)22-16-20(13-15-25-22)23(28)26-14-12-18-8-10-21(24)11-9-18/h3-11,13,15-16H,2,12,14,17H2,1H3,(H,26,28). The van der Waals surface area contributed by atoms with Crippen molar-refractivity contribution in [2.45, 2.75) is 19.9 Å². The highest BCUT2D eigenvalue weighted by atomic mass is 19.1. The van der Waals surface area contributed by atoms with Crippen molar-refractivity contribution in [1.29, 1.82) is 0 Å². The molecule has 1 amide bonds. The summed E-state index contributed by atoms with van der Waals surface area (Å²) in [6.07, 6.45) is 2.32. The highest BCUT2D eigenvalue weighted by molar-refractivity contribution is 5.94. The third kappa shape index (κ3) is 5.39. The molecule has 0 atom stereocenters. The summed E-state index contributed by atoms with van der Waals surface area (Å²) in [5.74, 6) is 0.382. The molecule has 0 spiro atoms. The summed E-state index contributed by atoms with van der Waals surface area (Å²) in [6.45, 7) is 4.08. The number of amides is 1. The Morgan fingerprint density at radius 3 is 2.50 bits per heavy atom. The maximum atomic E-state index is 12.9. The Hall–Kier alpha value is -3.21. The van der Waals surface area contributed by atoms with E-state index in [1.807, 2.05) is 24.3 Å². The molecule has 1 heterocycles. The van der Waals surface area contributed by atoms with Crippen molar-refractivity contribution in [3.05, 3.63) is 95.4 Å². The van der Waals surface area contributed by atoms with Crippen LogP contribution >= 0.6 is 0 Å². The number of aromatic nitrogens is 1. The zero-order valence-corrected chi connectivity index (χ0v) is 15.9. The number of hydrogen-bond acceptors (Lipinski definition) is 3. The summed E-state index contributed by atoms with van der Waals surface area (Å²) in [5, 5.41) is 2.92. The number of rotatable bonds is 8. The van der Waals surface area contributed by atoms with E-state index in [2.05, 4.69) is 34.3 Å². The minimum atomic E-state index is -0.256. The van der Waals surface area contributed by atoms with Gasteiger partial charge in [0.05, 0.1) is 0 Å². The molecule has 0 aliphatic rings. The molecule has 0 aliphatic carbocycles. The van der Waals surface area contributed by atoms with Crippen molar-refractivity contribution in [3.8, 4) is 0 Å². The van der Waals surface area contributed by atoms with Gasteiger partial charge in [-0.3, -0.25) is 4.79 Å². The van der Waals surface area contributed by atoms with Crippen molar-refractivity contribution in [3.63, 3.8) is 0 Å². The van der Waals surface area contributed by atoms with Gasteiger partial charge in [-0.25, -0.2) is 9.37 Å². The van der Waals surface area contributed by atoms with Crippen LogP contribution in [0.5, 0.6) is 0 Å². The molecule has 144 valence electrons. The number of hydrogen-bond donors (Lipinski definition) is 1. The van der Waals surface area contributed by atoms with Crippen molar-refractivity contribution >= 4 is 11.7 Å². The topological polar surface area (TPSA) is 45.2 Å². The van der Waals surface area contributed by atoms with Crippen molar-refractivity contribution < 1.29 is 9.18 Å². The third-order valence-corrected chi connectivity index (χ3v) is 4.54. The molecule has 3 aromatic rings. The Kier molecular flexibility index (Phi) is 6.73. The van der Waals surface area contributed by atoms with Crippen LogP contribution in [-0.4, -0.2) is 24.0 Å². The summed E-state index contributed by atoms with van der Waals surface area (Å²) >= 11 is 0. The fraction of sp³-hybridized carbons (Fsp3) is 0.217. The SMILES string of the molecule is CCN(Cc1ccccc1)c1cc(C(=O)NCCc2ccc(F)cc2)ccn1. The van der Waals surface area contributed by atoms with Crippen LogP contribution in [0.4, 0.5) is 10.2 Å². The zero-order chi connectivity index (χ0) is 19.8. The molecule has 0 saturated heterocycles. The molecule has 0 bridgehead atoms. The monoisotopic (exact) mass is 377 g/mol. The van der Waals surface area contributed by atoms with Gasteiger partial charge in [0.15, 0.2) is 0 Å². The summed E-state index contributed by atoms with van der Waals surface area (Å²) in [6, 6.07) is 20.0. The second kappa shape index (κ2) is 9.65. The average molecular weight is 377 g/mol. The highest BCUT2D eigenvalue weighted by Gasteiger charge is 2.11. The lowest BCUT2D eigenvalue weighted by molar-refractivity contribution is 0.0954. The van der Waals surface area contributed by atoms with Gasteiger partial charge in [-0.05, 0) is 48.7 Å². The number of nitrogens with one attached hydrogen (secondary N) is 1. The molecule has 1 aromatic heterocycles. The van der Waals surface area contributed by atoms with Crippen LogP contribution in [0.1, 0.15) is 28.4 Å². The molecule has 0 saturated carbocycles. The summed E-state index contributed by atoms with van der Waals surface area (Å²) in [4.78, 5) is 19.1. The van der Waals surface area contributed by atoms with Gasteiger partial charge < -0.3 is 10.2 Å². The van der Waals surface area contributed by atoms with Crippen LogP contribution in [0.25, 0.3) is 0 Å². The number of benzene rings is 2. The highest BCUT2D eigenvalue weighted by Crippen LogP contribution is 2.16. The number of carbonyl (C=O) groups excluding carboxylic acids is 1. The lowest BCUT2D eigenvalue weighted by atomic mass is 10.1. The van der Waals surface area contributed by atoms with Gasteiger partial charge in [0, 0.05) is 31.4 Å². The third-order valence-electron chi connectivity index (χ3n) is 4.54. The number of halogens is 1. The van der Waals surface area contributed by atoms with E-state index < -0.39 is 0 Å². The van der Waals surface area contributed by atoms with Crippen LogP contribution in [0, 0.1) is 5.82 Å². The van der Waals surface area contributed by atoms with Crippen LogP contribution in [-0.2, 0) is 13.0 Å². The van der Waals surface area contributed by atoms with E-state index in [4.69, 9.17) is 0 Å². The fourth-order valence-electron chi connectivity index (χ4n) is 2.96. The van der Waals surface area contributed by atoms with Gasteiger partial charge >= 0.3 is 0 Å². The van der Waals surface area contributed by atoms with Crippen molar-refractivity contribution in [2.24, 2.45) is 0 Å². The number of pyridine rings is 1. The molecule has 4 nitrogen and oxygen atoms in total. The zero-order valence-electron chi connectivity index (χ0n) is 15.9. The average Bonchev–Trinajstić information content (AvgIpc) is 2.74. The number of carbonyl (C=O) groups is 1. The summed E-state index contributed by atoms with van der Waals surface area (Å²) in [5.41, 5.74) is 2.76. The van der Waals surface area contributed by atoms with Crippen molar-refractivity contribution in [2.75, 3.05) is 18.0 Å². The van der Waals surface area contributed by atoms with Gasteiger partial charge in [0.1, 0.15) is 11.6 Å². The number of anilines is 1. The first kappa shape index (κ1) is 19.5. The van der Waals surface area contributed by atoms with E-state index in [0.717, 1.165) is 24.5 Å². The van der Waals surface area contributed by atoms with Crippen LogP contribution in [0.3, 0.4) is 0 Å². The van der Waals surface area contributed by atoms with Crippen LogP contribution in [0.2, 0.25) is 0 Å². The molecule has 3 rings (SSSR count). The van der Waals surface area contributed by atoms with Gasteiger partial charge in [-0.1, -0.05) is 42.5 Å². The first-order valence-corrected chi connectivity index (χ1v) is 9.43. The first-order chi connectivity index (χ1) is 13.7. The molecule has 0 unspecified atom stereocenters. The maximum Gasteiger partial charge on any atom is 0.251 e. The normalized spacial score (nSPS) is 10.5. The second-order valence-electron chi connectivity index (χ2n) is 6.53.